The van der Waals surface area contributed by atoms with E-state index in [0.717, 1.165) is 40.3 Å². The largest absolute Gasteiger partial charge is 0.463 e. The first-order valence-corrected chi connectivity index (χ1v) is 6.27. The monoisotopic (exact) mass is 256 g/mol. The van der Waals surface area contributed by atoms with Gasteiger partial charge in [-0.15, -0.1) is 0 Å². The zero-order valence-electron chi connectivity index (χ0n) is 11.1. The van der Waals surface area contributed by atoms with Gasteiger partial charge >= 0.3 is 0 Å². The van der Waals surface area contributed by atoms with Crippen LogP contribution in [0, 0.1) is 6.92 Å². The van der Waals surface area contributed by atoms with E-state index in [-0.39, 0.29) is 0 Å². The summed E-state index contributed by atoms with van der Waals surface area (Å²) in [6.45, 7) is 2.49. The van der Waals surface area contributed by atoms with E-state index >= 15 is 0 Å². The molecule has 0 saturated heterocycles. The zero-order chi connectivity index (χ0) is 13.4. The molecule has 0 amide bonds. The Bertz CT molecular complexity index is 713. The van der Waals surface area contributed by atoms with Gasteiger partial charge in [0.1, 0.15) is 17.2 Å². The van der Waals surface area contributed by atoms with Gasteiger partial charge in [-0.2, -0.15) is 0 Å². The molecule has 0 radical (unpaired) electrons. The molecule has 3 aromatic heterocycles. The van der Waals surface area contributed by atoms with Gasteiger partial charge < -0.3 is 14.7 Å². The van der Waals surface area contributed by atoms with Crippen LogP contribution >= 0.6 is 0 Å². The van der Waals surface area contributed by atoms with E-state index in [1.807, 2.05) is 30.7 Å². The van der Waals surface area contributed by atoms with E-state index in [0.29, 0.717) is 6.54 Å². The fourth-order valence-corrected chi connectivity index (χ4v) is 2.40. The quantitative estimate of drug-likeness (QED) is 0.778. The third-order valence-electron chi connectivity index (χ3n) is 3.17. The lowest BCUT2D eigenvalue weighted by atomic mass is 10.1. The van der Waals surface area contributed by atoms with Gasteiger partial charge in [-0.05, 0) is 37.6 Å². The Hall–Kier alpha value is -2.14. The van der Waals surface area contributed by atoms with Crippen molar-refractivity contribution in [2.45, 2.75) is 13.3 Å². The molecule has 0 aromatic carbocycles. The molecular weight excluding hydrogens is 240 g/mol. The summed E-state index contributed by atoms with van der Waals surface area (Å²) in [6.07, 6.45) is 4.53. The Balaban J connectivity index is 2.36. The highest BCUT2D eigenvalue weighted by Gasteiger charge is 2.17. The normalized spacial score (nSPS) is 11.3. The number of nitrogens with zero attached hydrogens (tertiary/aromatic N) is 3. The number of aromatic nitrogens is 3. The summed E-state index contributed by atoms with van der Waals surface area (Å²) < 4.78 is 7.51. The lowest BCUT2D eigenvalue weighted by molar-refractivity contribution is 0.580. The van der Waals surface area contributed by atoms with Crippen molar-refractivity contribution in [1.82, 2.24) is 14.5 Å². The van der Waals surface area contributed by atoms with Gasteiger partial charge in [-0.1, -0.05) is 0 Å². The number of hydrogen-bond acceptors (Lipinski definition) is 4. The molecule has 5 nitrogen and oxygen atoms in total. The highest BCUT2D eigenvalue weighted by atomic mass is 16.3. The van der Waals surface area contributed by atoms with Crippen LogP contribution in [0.1, 0.15) is 11.4 Å². The Labute approximate surface area is 111 Å². The van der Waals surface area contributed by atoms with Crippen LogP contribution in [0.25, 0.3) is 22.5 Å². The van der Waals surface area contributed by atoms with E-state index < -0.39 is 0 Å². The van der Waals surface area contributed by atoms with Crippen molar-refractivity contribution in [3.63, 3.8) is 0 Å². The van der Waals surface area contributed by atoms with Crippen molar-refractivity contribution in [2.75, 3.05) is 6.54 Å². The first kappa shape index (κ1) is 11.9. The Kier molecular flexibility index (Phi) is 2.83. The first-order valence-electron chi connectivity index (χ1n) is 6.27. The molecule has 5 heteroatoms. The summed E-state index contributed by atoms with van der Waals surface area (Å²) >= 11 is 0. The molecule has 0 saturated carbocycles. The molecule has 2 N–H and O–H groups in total. The number of aryl methyl sites for hydroxylation is 2. The molecule has 19 heavy (non-hydrogen) atoms. The maximum atomic E-state index is 5.69. The van der Waals surface area contributed by atoms with Crippen LogP contribution in [0.2, 0.25) is 0 Å². The fourth-order valence-electron chi connectivity index (χ4n) is 2.40. The van der Waals surface area contributed by atoms with Crippen molar-refractivity contribution >= 4 is 11.0 Å². The van der Waals surface area contributed by atoms with Gasteiger partial charge in [0, 0.05) is 13.2 Å². The van der Waals surface area contributed by atoms with Gasteiger partial charge in [-0.3, -0.25) is 0 Å². The predicted molar refractivity (Wildman–Crippen MR) is 73.7 cm³/mol. The van der Waals surface area contributed by atoms with E-state index in [1.165, 1.54) is 0 Å². The van der Waals surface area contributed by atoms with E-state index in [2.05, 4.69) is 16.2 Å². The molecule has 0 aliphatic rings. The third-order valence-corrected chi connectivity index (χ3v) is 3.17. The maximum Gasteiger partial charge on any atom is 0.153 e. The van der Waals surface area contributed by atoms with Gasteiger partial charge in [-0.25, -0.2) is 9.97 Å². The van der Waals surface area contributed by atoms with Crippen LogP contribution in [0.5, 0.6) is 0 Å². The smallest absolute Gasteiger partial charge is 0.153 e. The third kappa shape index (κ3) is 1.92. The molecule has 0 atom stereocenters. The average molecular weight is 256 g/mol. The number of nitrogens with two attached hydrogens (primary N) is 1. The molecule has 3 rings (SSSR count). The predicted octanol–water partition coefficient (Wildman–Crippen LogP) is 2.04. The second-order valence-corrected chi connectivity index (χ2v) is 4.60. The van der Waals surface area contributed by atoms with Crippen LogP contribution in [0.4, 0.5) is 0 Å². The number of furan rings is 1. The molecule has 3 aromatic rings. The van der Waals surface area contributed by atoms with Crippen LogP contribution < -0.4 is 5.73 Å². The standard InChI is InChI=1S/C14H16N4O/c1-9-16-13(11-4-3-7-19-11)12-10(5-6-15)8-18(2)14(12)17-9/h3-4,7-8H,5-6,15H2,1-2H3. The number of hydrogen-bond donors (Lipinski definition) is 1. The highest BCUT2D eigenvalue weighted by molar-refractivity contribution is 5.92. The minimum Gasteiger partial charge on any atom is -0.463 e. The van der Waals surface area contributed by atoms with Crippen LogP contribution in [0.3, 0.4) is 0 Å². The van der Waals surface area contributed by atoms with Crippen LogP contribution in [-0.4, -0.2) is 21.1 Å². The second kappa shape index (κ2) is 4.51. The molecule has 0 aliphatic heterocycles. The molecule has 0 fully saturated rings. The highest BCUT2D eigenvalue weighted by Crippen LogP contribution is 2.30. The first-order chi connectivity index (χ1) is 9.20. The number of fused-ring (bicyclic) bond motifs is 1. The zero-order valence-corrected chi connectivity index (χ0v) is 11.1. The molecule has 0 bridgehead atoms. The molecule has 98 valence electrons. The van der Waals surface area contributed by atoms with Crippen molar-refractivity contribution < 1.29 is 4.42 Å². The topological polar surface area (TPSA) is 69.9 Å². The van der Waals surface area contributed by atoms with E-state index in [9.17, 15) is 0 Å². The SMILES string of the molecule is Cc1nc(-c2ccco2)c2c(CCN)cn(C)c2n1. The van der Waals surface area contributed by atoms with Gasteiger partial charge in [0.05, 0.1) is 11.6 Å². The van der Waals surface area contributed by atoms with E-state index in [1.54, 1.807) is 6.26 Å². The lowest BCUT2D eigenvalue weighted by Crippen LogP contribution is -2.02. The van der Waals surface area contributed by atoms with Crippen molar-refractivity contribution in [1.29, 1.82) is 0 Å². The molecule has 0 spiro atoms. The second-order valence-electron chi connectivity index (χ2n) is 4.60. The maximum absolute atomic E-state index is 5.69. The minimum atomic E-state index is 0.602. The van der Waals surface area contributed by atoms with Crippen molar-refractivity contribution in [3.05, 3.63) is 36.0 Å². The van der Waals surface area contributed by atoms with Gasteiger partial charge in [0.15, 0.2) is 5.76 Å². The lowest BCUT2D eigenvalue weighted by Gasteiger charge is -2.04. The Morgan fingerprint density at radius 3 is 2.89 bits per heavy atom. The van der Waals surface area contributed by atoms with Gasteiger partial charge in [0.25, 0.3) is 0 Å². The summed E-state index contributed by atoms with van der Waals surface area (Å²) in [5.74, 6) is 1.50. The summed E-state index contributed by atoms with van der Waals surface area (Å²) in [4.78, 5) is 9.06. The Morgan fingerprint density at radius 1 is 1.37 bits per heavy atom. The van der Waals surface area contributed by atoms with Gasteiger partial charge in [0.2, 0.25) is 0 Å². The molecule has 0 unspecified atom stereocenters. The minimum absolute atomic E-state index is 0.602. The molecule has 3 heterocycles. The summed E-state index contributed by atoms with van der Waals surface area (Å²) in [6, 6.07) is 3.78. The van der Waals surface area contributed by atoms with Crippen molar-refractivity contribution in [2.24, 2.45) is 12.8 Å². The van der Waals surface area contributed by atoms with E-state index in [4.69, 9.17) is 10.2 Å². The molecule has 0 aliphatic carbocycles. The average Bonchev–Trinajstić information content (AvgIpc) is 2.99. The number of rotatable bonds is 3. The summed E-state index contributed by atoms with van der Waals surface area (Å²) in [5, 5.41) is 1.04. The van der Waals surface area contributed by atoms with Crippen LogP contribution in [-0.2, 0) is 13.5 Å². The van der Waals surface area contributed by atoms with Crippen LogP contribution in [0.15, 0.2) is 29.0 Å². The Morgan fingerprint density at radius 2 is 2.21 bits per heavy atom. The summed E-state index contributed by atoms with van der Waals surface area (Å²) in [5.41, 5.74) is 8.61. The fraction of sp³-hybridized carbons (Fsp3) is 0.286. The molecular formula is C14H16N4O. The van der Waals surface area contributed by atoms with Crippen molar-refractivity contribution in [3.8, 4) is 11.5 Å². The summed E-state index contributed by atoms with van der Waals surface area (Å²) in [7, 11) is 1.99.